The van der Waals surface area contributed by atoms with Gasteiger partial charge in [-0.25, -0.2) is 0 Å². The zero-order valence-electron chi connectivity index (χ0n) is 14.1. The minimum absolute atomic E-state index is 0.191. The predicted molar refractivity (Wildman–Crippen MR) is 91.9 cm³/mol. The number of carbonyl (C=O) groups is 1. The van der Waals surface area contributed by atoms with Gasteiger partial charge in [0.05, 0.1) is 0 Å². The van der Waals surface area contributed by atoms with Crippen molar-refractivity contribution in [2.24, 2.45) is 5.92 Å². The van der Waals surface area contributed by atoms with Crippen molar-refractivity contribution in [2.75, 3.05) is 38.0 Å². The molecule has 0 bridgehead atoms. The second kappa shape index (κ2) is 8.18. The van der Waals surface area contributed by atoms with Crippen LogP contribution in [-0.4, -0.2) is 48.4 Å². The van der Waals surface area contributed by atoms with Crippen LogP contribution >= 0.6 is 0 Å². The van der Waals surface area contributed by atoms with Gasteiger partial charge in [0, 0.05) is 51.9 Å². The average Bonchev–Trinajstić information content (AvgIpc) is 2.48. The van der Waals surface area contributed by atoms with Gasteiger partial charge in [-0.1, -0.05) is 26.0 Å². The van der Waals surface area contributed by atoms with Crippen LogP contribution in [0.4, 0.5) is 5.69 Å². The van der Waals surface area contributed by atoms with Crippen molar-refractivity contribution in [2.45, 2.75) is 33.7 Å². The van der Waals surface area contributed by atoms with Crippen LogP contribution in [0.3, 0.4) is 0 Å². The topological polar surface area (TPSA) is 35.6 Å². The van der Waals surface area contributed by atoms with E-state index in [2.05, 4.69) is 48.3 Å². The lowest BCUT2D eigenvalue weighted by Gasteiger charge is -2.34. The van der Waals surface area contributed by atoms with Crippen molar-refractivity contribution >= 4 is 11.6 Å². The Hall–Kier alpha value is -1.55. The van der Waals surface area contributed by atoms with Crippen molar-refractivity contribution < 1.29 is 4.79 Å². The molecule has 2 rings (SSSR count). The number of piperazine rings is 1. The molecule has 0 aliphatic carbocycles. The van der Waals surface area contributed by atoms with Crippen LogP contribution in [0.25, 0.3) is 0 Å². The molecule has 1 aromatic rings. The van der Waals surface area contributed by atoms with E-state index in [0.717, 1.165) is 45.2 Å². The Labute approximate surface area is 134 Å². The summed E-state index contributed by atoms with van der Waals surface area (Å²) in [5.74, 6) is 0.921. The second-order valence-electron chi connectivity index (χ2n) is 6.59. The van der Waals surface area contributed by atoms with Crippen molar-refractivity contribution in [1.29, 1.82) is 0 Å². The van der Waals surface area contributed by atoms with Gasteiger partial charge in [-0.15, -0.1) is 0 Å². The summed E-state index contributed by atoms with van der Waals surface area (Å²) in [5.41, 5.74) is 2.55. The zero-order valence-corrected chi connectivity index (χ0v) is 14.1. The molecule has 4 nitrogen and oxygen atoms in total. The highest BCUT2D eigenvalue weighted by Gasteiger charge is 2.18. The highest BCUT2D eigenvalue weighted by Crippen LogP contribution is 2.14. The number of anilines is 1. The maximum atomic E-state index is 11.4. The fourth-order valence-corrected chi connectivity index (χ4v) is 2.76. The van der Waals surface area contributed by atoms with Gasteiger partial charge in [0.1, 0.15) is 0 Å². The van der Waals surface area contributed by atoms with Crippen LogP contribution < -0.4 is 5.32 Å². The molecule has 1 aliphatic rings. The molecule has 22 heavy (non-hydrogen) atoms. The highest BCUT2D eigenvalue weighted by atomic mass is 16.2. The fraction of sp³-hybridized carbons (Fsp3) is 0.611. The smallest absolute Gasteiger partial charge is 0.219 e. The van der Waals surface area contributed by atoms with Crippen LogP contribution in [0, 0.1) is 5.92 Å². The molecule has 1 heterocycles. The maximum absolute atomic E-state index is 11.4. The fourth-order valence-electron chi connectivity index (χ4n) is 2.76. The van der Waals surface area contributed by atoms with Crippen LogP contribution in [0.5, 0.6) is 0 Å². The third kappa shape index (κ3) is 5.34. The van der Waals surface area contributed by atoms with Gasteiger partial charge < -0.3 is 10.2 Å². The molecule has 122 valence electrons. The van der Waals surface area contributed by atoms with Gasteiger partial charge in [-0.3, -0.25) is 9.69 Å². The molecule has 0 saturated carbocycles. The second-order valence-corrected chi connectivity index (χ2v) is 6.59. The van der Waals surface area contributed by atoms with Gasteiger partial charge >= 0.3 is 0 Å². The largest absolute Gasteiger partial charge is 0.385 e. The lowest BCUT2D eigenvalue weighted by atomic mass is 10.1. The first-order valence-electron chi connectivity index (χ1n) is 8.35. The van der Waals surface area contributed by atoms with E-state index in [-0.39, 0.29) is 5.91 Å². The number of rotatable bonds is 6. The molecule has 0 unspecified atom stereocenters. The summed E-state index contributed by atoms with van der Waals surface area (Å²) in [4.78, 5) is 15.7. The van der Waals surface area contributed by atoms with Gasteiger partial charge in [-0.05, 0) is 30.0 Å². The lowest BCUT2D eigenvalue weighted by Crippen LogP contribution is -2.47. The van der Waals surface area contributed by atoms with E-state index in [1.54, 1.807) is 6.92 Å². The average molecular weight is 303 g/mol. The summed E-state index contributed by atoms with van der Waals surface area (Å²) in [7, 11) is 0. The Balaban J connectivity index is 1.82. The van der Waals surface area contributed by atoms with Gasteiger partial charge in [0.2, 0.25) is 5.91 Å². The SMILES string of the molecule is CC(=O)N1CCN(Cc2cccc(NCCC(C)C)c2)CC1. The van der Waals surface area contributed by atoms with Crippen LogP contribution in [0.15, 0.2) is 24.3 Å². The summed E-state index contributed by atoms with van der Waals surface area (Å²) in [6.45, 7) is 11.8. The molecule has 1 aromatic carbocycles. The summed E-state index contributed by atoms with van der Waals surface area (Å²) in [6, 6.07) is 8.69. The minimum atomic E-state index is 0.191. The summed E-state index contributed by atoms with van der Waals surface area (Å²) >= 11 is 0. The van der Waals surface area contributed by atoms with E-state index < -0.39 is 0 Å². The highest BCUT2D eigenvalue weighted by molar-refractivity contribution is 5.73. The number of benzene rings is 1. The summed E-state index contributed by atoms with van der Waals surface area (Å²) < 4.78 is 0. The third-order valence-corrected chi connectivity index (χ3v) is 4.20. The predicted octanol–water partition coefficient (Wildman–Crippen LogP) is 2.81. The van der Waals surface area contributed by atoms with E-state index in [1.165, 1.54) is 17.7 Å². The van der Waals surface area contributed by atoms with Crippen molar-refractivity contribution in [3.8, 4) is 0 Å². The normalized spacial score (nSPS) is 16.1. The van der Waals surface area contributed by atoms with Crippen molar-refractivity contribution in [3.63, 3.8) is 0 Å². The van der Waals surface area contributed by atoms with Crippen LogP contribution in [0.2, 0.25) is 0 Å². The van der Waals surface area contributed by atoms with Gasteiger partial charge in [0.15, 0.2) is 0 Å². The zero-order chi connectivity index (χ0) is 15.9. The third-order valence-electron chi connectivity index (χ3n) is 4.20. The number of nitrogens with one attached hydrogen (secondary N) is 1. The number of carbonyl (C=O) groups excluding carboxylic acids is 1. The number of hydrogen-bond acceptors (Lipinski definition) is 3. The monoisotopic (exact) mass is 303 g/mol. The van der Waals surface area contributed by atoms with Gasteiger partial charge in [-0.2, -0.15) is 0 Å². The van der Waals surface area contributed by atoms with Crippen LogP contribution in [0.1, 0.15) is 32.8 Å². The Kier molecular flexibility index (Phi) is 6.25. The van der Waals surface area contributed by atoms with Crippen molar-refractivity contribution in [1.82, 2.24) is 9.80 Å². The maximum Gasteiger partial charge on any atom is 0.219 e. The summed E-state index contributed by atoms with van der Waals surface area (Å²) in [6.07, 6.45) is 1.19. The number of nitrogens with zero attached hydrogens (tertiary/aromatic N) is 2. The molecule has 1 amide bonds. The molecule has 1 N–H and O–H groups in total. The Morgan fingerprint density at radius 3 is 2.59 bits per heavy atom. The number of hydrogen-bond donors (Lipinski definition) is 1. The molecule has 0 spiro atoms. The standard InChI is InChI=1S/C18H29N3O/c1-15(2)7-8-19-18-6-4-5-17(13-18)14-20-9-11-21(12-10-20)16(3)22/h4-6,13,15,19H,7-12,14H2,1-3H3. The Morgan fingerprint density at radius 2 is 1.95 bits per heavy atom. The van der Waals surface area contributed by atoms with Crippen molar-refractivity contribution in [3.05, 3.63) is 29.8 Å². The molecule has 0 radical (unpaired) electrons. The Morgan fingerprint density at radius 1 is 1.23 bits per heavy atom. The molecule has 0 atom stereocenters. The van der Waals surface area contributed by atoms with E-state index >= 15 is 0 Å². The first-order chi connectivity index (χ1) is 10.5. The minimum Gasteiger partial charge on any atom is -0.385 e. The molecule has 1 saturated heterocycles. The number of amides is 1. The van der Waals surface area contributed by atoms with E-state index in [0.29, 0.717) is 0 Å². The molecular formula is C18H29N3O. The molecule has 0 aromatic heterocycles. The molecule has 1 aliphatic heterocycles. The molecular weight excluding hydrogens is 274 g/mol. The molecule has 1 fully saturated rings. The van der Waals surface area contributed by atoms with Gasteiger partial charge in [0.25, 0.3) is 0 Å². The quantitative estimate of drug-likeness (QED) is 0.878. The van der Waals surface area contributed by atoms with E-state index in [4.69, 9.17) is 0 Å². The lowest BCUT2D eigenvalue weighted by molar-refractivity contribution is -0.130. The van der Waals surface area contributed by atoms with E-state index in [9.17, 15) is 4.79 Å². The molecule has 4 heteroatoms. The first-order valence-corrected chi connectivity index (χ1v) is 8.35. The summed E-state index contributed by atoms with van der Waals surface area (Å²) in [5, 5.41) is 3.50. The van der Waals surface area contributed by atoms with E-state index in [1.807, 2.05) is 4.90 Å². The first kappa shape index (κ1) is 16.8. The Bertz CT molecular complexity index is 479. The van der Waals surface area contributed by atoms with Crippen LogP contribution in [-0.2, 0) is 11.3 Å².